The van der Waals surface area contributed by atoms with Crippen LogP contribution >= 0.6 is 11.3 Å². The van der Waals surface area contributed by atoms with Gasteiger partial charge in [-0.1, -0.05) is 218 Å². The third kappa shape index (κ3) is 6.18. The lowest BCUT2D eigenvalue weighted by molar-refractivity contribution is 0.714. The van der Waals surface area contributed by atoms with E-state index in [2.05, 4.69) is 279 Å². The van der Waals surface area contributed by atoms with Gasteiger partial charge in [0.25, 0.3) is 0 Å². The molecule has 1 atom stereocenters. The second-order valence-corrected chi connectivity index (χ2v) is 20.3. The quantitative estimate of drug-likeness (QED) is 0.147. The molecular formula is C69H47NS. The van der Waals surface area contributed by atoms with Crippen molar-refractivity contribution in [2.75, 3.05) is 4.90 Å². The van der Waals surface area contributed by atoms with Crippen LogP contribution < -0.4 is 4.90 Å². The molecule has 0 amide bonds. The topological polar surface area (TPSA) is 3.24 Å². The first kappa shape index (κ1) is 41.4. The van der Waals surface area contributed by atoms with E-state index in [9.17, 15) is 0 Å². The minimum atomic E-state index is -0.549. The van der Waals surface area contributed by atoms with E-state index in [1.165, 1.54) is 104 Å². The van der Waals surface area contributed by atoms with E-state index in [-0.39, 0.29) is 0 Å². The highest BCUT2D eigenvalue weighted by Crippen LogP contribution is 2.59. The van der Waals surface area contributed by atoms with Gasteiger partial charge in [0.2, 0.25) is 0 Å². The number of hydrogen-bond donors (Lipinski definition) is 0. The Morgan fingerprint density at radius 1 is 0.324 bits per heavy atom. The molecule has 0 bridgehead atoms. The highest BCUT2D eigenvalue weighted by atomic mass is 32.1. The summed E-state index contributed by atoms with van der Waals surface area (Å²) >= 11 is 1.87. The molecule has 1 unspecified atom stereocenters. The standard InChI is InChI=1S/C69H47NS/c1-68(48-24-8-3-9-25-48)61-36-19-33-54(46-21-6-2-7-22-46)66(61)58-42-40-52(44-62(58)68)70(51-30-18-23-47(43-51)55-34-20-38-65-67(55)59-32-15-17-37-64(59)71-65)53-39-41-57-56-31-14-16-35-60(56)69(63(57)45-53,49-26-10-4-11-27-49)50-28-12-5-13-29-50/h2-45H,1H3. The largest absolute Gasteiger partial charge is 0.310 e. The Morgan fingerprint density at radius 3 is 1.58 bits per heavy atom. The summed E-state index contributed by atoms with van der Waals surface area (Å²) in [7, 11) is 0. The summed E-state index contributed by atoms with van der Waals surface area (Å²) in [6.45, 7) is 2.43. The molecule has 1 aromatic heterocycles. The summed E-state index contributed by atoms with van der Waals surface area (Å²) in [4.78, 5) is 2.52. The second-order valence-electron chi connectivity index (χ2n) is 19.2. The minimum absolute atomic E-state index is 0.425. The molecule has 2 heteroatoms. The molecule has 1 nitrogen and oxygen atoms in total. The van der Waals surface area contributed by atoms with Gasteiger partial charge in [-0.2, -0.15) is 0 Å². The first-order valence-corrected chi connectivity index (χ1v) is 25.5. The molecule has 0 spiro atoms. The Morgan fingerprint density at radius 2 is 0.831 bits per heavy atom. The highest BCUT2D eigenvalue weighted by Gasteiger charge is 2.47. The van der Waals surface area contributed by atoms with Crippen molar-refractivity contribution in [1.29, 1.82) is 0 Å². The molecule has 1 heterocycles. The van der Waals surface area contributed by atoms with E-state index in [4.69, 9.17) is 0 Å². The summed E-state index contributed by atoms with van der Waals surface area (Å²) in [5.74, 6) is 0. The van der Waals surface area contributed by atoms with Crippen LogP contribution in [0.3, 0.4) is 0 Å². The van der Waals surface area contributed by atoms with Gasteiger partial charge >= 0.3 is 0 Å². The fourth-order valence-corrected chi connectivity index (χ4v) is 13.6. The van der Waals surface area contributed by atoms with Crippen molar-refractivity contribution < 1.29 is 0 Å². The van der Waals surface area contributed by atoms with Crippen molar-refractivity contribution in [2.45, 2.75) is 17.8 Å². The molecule has 334 valence electrons. The van der Waals surface area contributed by atoms with Gasteiger partial charge in [-0.05, 0) is 139 Å². The van der Waals surface area contributed by atoms with Gasteiger partial charge < -0.3 is 4.90 Å². The van der Waals surface area contributed by atoms with Crippen LogP contribution in [0.1, 0.15) is 45.9 Å². The fourth-order valence-electron chi connectivity index (χ4n) is 12.5. The van der Waals surface area contributed by atoms with Crippen LogP contribution in [0.5, 0.6) is 0 Å². The number of fused-ring (bicyclic) bond motifs is 9. The molecule has 14 rings (SSSR count). The van der Waals surface area contributed by atoms with E-state index in [0.29, 0.717) is 0 Å². The normalized spacial score (nSPS) is 15.0. The van der Waals surface area contributed by atoms with E-state index in [1.807, 2.05) is 11.3 Å². The Balaban J connectivity index is 1.04. The van der Waals surface area contributed by atoms with Gasteiger partial charge in [-0.3, -0.25) is 0 Å². The lowest BCUT2D eigenvalue weighted by Crippen LogP contribution is -2.28. The maximum Gasteiger partial charge on any atom is 0.0714 e. The third-order valence-corrected chi connectivity index (χ3v) is 16.8. The van der Waals surface area contributed by atoms with Crippen LogP contribution in [-0.2, 0) is 10.8 Å². The van der Waals surface area contributed by atoms with E-state index in [0.717, 1.165) is 17.1 Å². The van der Waals surface area contributed by atoms with Gasteiger partial charge in [0.05, 0.1) is 5.41 Å². The first-order chi connectivity index (χ1) is 35.1. The Labute approximate surface area is 419 Å². The molecule has 2 aliphatic carbocycles. The first-order valence-electron chi connectivity index (χ1n) is 24.7. The molecule has 12 aromatic rings. The summed E-state index contributed by atoms with van der Waals surface area (Å²) in [6.07, 6.45) is 0. The van der Waals surface area contributed by atoms with E-state index < -0.39 is 10.8 Å². The van der Waals surface area contributed by atoms with Crippen LogP contribution in [0.25, 0.3) is 64.7 Å². The summed E-state index contributed by atoms with van der Waals surface area (Å²) < 4.78 is 2.61. The zero-order chi connectivity index (χ0) is 47.1. The molecule has 0 fully saturated rings. The van der Waals surface area contributed by atoms with E-state index in [1.54, 1.807) is 0 Å². The Bertz CT molecular complexity index is 3960. The maximum atomic E-state index is 2.52. The monoisotopic (exact) mass is 921 g/mol. The van der Waals surface area contributed by atoms with Crippen LogP contribution in [0.2, 0.25) is 0 Å². The van der Waals surface area contributed by atoms with Crippen molar-refractivity contribution in [1.82, 2.24) is 0 Å². The Hall–Kier alpha value is -8.56. The SMILES string of the molecule is CC1(c2ccccc2)c2cc(N(c3cccc(-c4cccc5sc6ccccc6c45)c3)c3ccc4c(c3)C(c3ccccc3)(c3ccccc3)c3ccccc3-4)ccc2-c2c(-c3ccccc3)cccc21. The molecule has 0 N–H and O–H groups in total. The van der Waals surface area contributed by atoms with Gasteiger partial charge in [-0.15, -0.1) is 11.3 Å². The van der Waals surface area contributed by atoms with Crippen LogP contribution in [0.15, 0.2) is 267 Å². The van der Waals surface area contributed by atoms with Crippen molar-refractivity contribution in [3.8, 4) is 44.5 Å². The zero-order valence-electron chi connectivity index (χ0n) is 39.3. The predicted octanol–water partition coefficient (Wildman–Crippen LogP) is 18.6. The van der Waals surface area contributed by atoms with Gasteiger partial charge in [0, 0.05) is 42.6 Å². The zero-order valence-corrected chi connectivity index (χ0v) is 40.1. The number of hydrogen-bond acceptors (Lipinski definition) is 2. The van der Waals surface area contributed by atoms with Crippen LogP contribution in [0, 0.1) is 0 Å². The summed E-state index contributed by atoms with van der Waals surface area (Å²) in [6, 6.07) is 99.6. The molecule has 0 saturated heterocycles. The van der Waals surface area contributed by atoms with Crippen molar-refractivity contribution >= 4 is 48.6 Å². The van der Waals surface area contributed by atoms with Gasteiger partial charge in [-0.25, -0.2) is 0 Å². The Kier molecular flexibility index (Phi) is 9.49. The molecule has 0 radical (unpaired) electrons. The summed E-state index contributed by atoms with van der Waals surface area (Å²) in [5.41, 5.74) is 21.3. The van der Waals surface area contributed by atoms with Gasteiger partial charge in [0.1, 0.15) is 0 Å². The average Bonchev–Trinajstić information content (AvgIpc) is 4.07. The summed E-state index contributed by atoms with van der Waals surface area (Å²) in [5, 5.41) is 2.61. The molecular weight excluding hydrogens is 875 g/mol. The smallest absolute Gasteiger partial charge is 0.0714 e. The fraction of sp³-hybridized carbons (Fsp3) is 0.0435. The maximum absolute atomic E-state index is 2.52. The van der Waals surface area contributed by atoms with Crippen LogP contribution in [0.4, 0.5) is 17.1 Å². The number of thiophene rings is 1. The lowest BCUT2D eigenvalue weighted by Gasteiger charge is -2.35. The van der Waals surface area contributed by atoms with Gasteiger partial charge in [0.15, 0.2) is 0 Å². The number of nitrogens with zero attached hydrogens (tertiary/aromatic N) is 1. The minimum Gasteiger partial charge on any atom is -0.310 e. The molecule has 71 heavy (non-hydrogen) atoms. The van der Waals surface area contributed by atoms with Crippen molar-refractivity contribution in [3.05, 3.63) is 306 Å². The second kappa shape index (κ2) is 16.3. The highest BCUT2D eigenvalue weighted by molar-refractivity contribution is 7.25. The molecule has 0 aliphatic heterocycles. The number of benzene rings is 11. The van der Waals surface area contributed by atoms with Crippen molar-refractivity contribution in [2.24, 2.45) is 0 Å². The predicted molar refractivity (Wildman–Crippen MR) is 300 cm³/mol. The third-order valence-electron chi connectivity index (χ3n) is 15.6. The van der Waals surface area contributed by atoms with Crippen LogP contribution in [-0.4, -0.2) is 0 Å². The molecule has 0 saturated carbocycles. The average molecular weight is 922 g/mol. The lowest BCUT2D eigenvalue weighted by atomic mass is 9.67. The number of rotatable bonds is 8. The molecule has 11 aromatic carbocycles. The number of anilines is 3. The molecule has 2 aliphatic rings. The van der Waals surface area contributed by atoms with Crippen molar-refractivity contribution in [3.63, 3.8) is 0 Å². The van der Waals surface area contributed by atoms with E-state index >= 15 is 0 Å².